The van der Waals surface area contributed by atoms with Crippen molar-refractivity contribution in [1.82, 2.24) is 14.9 Å². The molecule has 0 bridgehead atoms. The molecule has 1 aromatic heterocycles. The van der Waals surface area contributed by atoms with E-state index in [1.165, 1.54) is 5.56 Å². The van der Waals surface area contributed by atoms with Gasteiger partial charge in [0.25, 0.3) is 5.56 Å². The third kappa shape index (κ3) is 3.71. The van der Waals surface area contributed by atoms with Gasteiger partial charge in [0.1, 0.15) is 5.82 Å². The van der Waals surface area contributed by atoms with E-state index in [0.29, 0.717) is 5.39 Å². The van der Waals surface area contributed by atoms with Crippen LogP contribution in [0.15, 0.2) is 59.4 Å². The van der Waals surface area contributed by atoms with E-state index in [-0.39, 0.29) is 11.6 Å². The third-order valence-electron chi connectivity index (χ3n) is 4.51. The number of rotatable bonds is 6. The van der Waals surface area contributed by atoms with Crippen molar-refractivity contribution in [3.8, 4) is 0 Å². The van der Waals surface area contributed by atoms with Gasteiger partial charge in [-0.15, -0.1) is 0 Å². The lowest BCUT2D eigenvalue weighted by atomic mass is 10.1. The average Bonchev–Trinajstić information content (AvgIpc) is 2.62. The van der Waals surface area contributed by atoms with E-state index < -0.39 is 0 Å². The van der Waals surface area contributed by atoms with Gasteiger partial charge in [-0.05, 0) is 51.1 Å². The van der Waals surface area contributed by atoms with Crippen molar-refractivity contribution in [1.29, 1.82) is 0 Å². The monoisotopic (exact) mass is 321 g/mol. The first-order valence-corrected chi connectivity index (χ1v) is 8.38. The van der Waals surface area contributed by atoms with Crippen LogP contribution in [0.25, 0.3) is 10.9 Å². The lowest BCUT2D eigenvalue weighted by molar-refractivity contribution is 0.249. The van der Waals surface area contributed by atoms with E-state index in [9.17, 15) is 4.79 Å². The third-order valence-corrected chi connectivity index (χ3v) is 4.51. The molecule has 0 aliphatic carbocycles. The molecule has 2 aromatic carbocycles. The van der Waals surface area contributed by atoms with Crippen molar-refractivity contribution >= 4 is 10.9 Å². The summed E-state index contributed by atoms with van der Waals surface area (Å²) in [5.74, 6) is 0.723. The number of nitrogens with zero attached hydrogens (tertiary/aromatic N) is 2. The Labute approximate surface area is 142 Å². The number of fused-ring (bicyclic) bond motifs is 1. The summed E-state index contributed by atoms with van der Waals surface area (Å²) in [7, 11) is 2.07. The van der Waals surface area contributed by atoms with Crippen molar-refractivity contribution in [2.45, 2.75) is 25.8 Å². The molecule has 1 atom stereocenters. The molecule has 124 valence electrons. The van der Waals surface area contributed by atoms with E-state index in [1.807, 2.05) is 24.3 Å². The number of aromatic amines is 1. The second-order valence-electron chi connectivity index (χ2n) is 6.21. The van der Waals surface area contributed by atoms with Crippen LogP contribution in [-0.2, 0) is 6.42 Å². The molecule has 1 heterocycles. The van der Waals surface area contributed by atoms with Gasteiger partial charge in [-0.1, -0.05) is 42.5 Å². The molecule has 4 nitrogen and oxygen atoms in total. The van der Waals surface area contributed by atoms with E-state index in [4.69, 9.17) is 0 Å². The smallest absolute Gasteiger partial charge is 0.258 e. The predicted molar refractivity (Wildman–Crippen MR) is 98.2 cm³/mol. The highest BCUT2D eigenvalue weighted by Crippen LogP contribution is 2.16. The largest absolute Gasteiger partial charge is 0.309 e. The summed E-state index contributed by atoms with van der Waals surface area (Å²) in [5.41, 5.74) is 2.04. The molecule has 0 saturated heterocycles. The molecule has 0 fully saturated rings. The Morgan fingerprint density at radius 2 is 1.79 bits per heavy atom. The zero-order valence-corrected chi connectivity index (χ0v) is 14.2. The Morgan fingerprint density at radius 1 is 1.08 bits per heavy atom. The van der Waals surface area contributed by atoms with E-state index in [2.05, 4.69) is 53.1 Å². The fourth-order valence-electron chi connectivity index (χ4n) is 2.88. The van der Waals surface area contributed by atoms with Gasteiger partial charge in [-0.3, -0.25) is 9.69 Å². The minimum absolute atomic E-state index is 0.0677. The number of hydrogen-bond acceptors (Lipinski definition) is 3. The summed E-state index contributed by atoms with van der Waals surface area (Å²) >= 11 is 0. The molecule has 0 spiro atoms. The van der Waals surface area contributed by atoms with E-state index in [0.717, 1.165) is 30.7 Å². The molecule has 1 N–H and O–H groups in total. The molecule has 0 saturated carbocycles. The van der Waals surface area contributed by atoms with Crippen molar-refractivity contribution in [3.63, 3.8) is 0 Å². The Balaban J connectivity index is 1.67. The zero-order valence-electron chi connectivity index (χ0n) is 14.2. The lowest BCUT2D eigenvalue weighted by Gasteiger charge is -2.24. The fourth-order valence-corrected chi connectivity index (χ4v) is 2.88. The topological polar surface area (TPSA) is 49.0 Å². The number of H-pyrrole nitrogens is 1. The minimum atomic E-state index is -0.0693. The van der Waals surface area contributed by atoms with Crippen LogP contribution in [0.3, 0.4) is 0 Å². The summed E-state index contributed by atoms with van der Waals surface area (Å²) in [6, 6.07) is 18.0. The second kappa shape index (κ2) is 7.41. The second-order valence-corrected chi connectivity index (χ2v) is 6.21. The SMILES string of the molecule is C[C@H](c1nc2ccccc2c(=O)[nH]1)N(C)CCCc1ccccc1. The molecule has 0 aliphatic heterocycles. The van der Waals surface area contributed by atoms with E-state index >= 15 is 0 Å². The molecule has 0 radical (unpaired) electrons. The number of aryl methyl sites for hydroxylation is 1. The number of nitrogens with one attached hydrogen (secondary N) is 1. The fraction of sp³-hybridized carbons (Fsp3) is 0.300. The van der Waals surface area contributed by atoms with Gasteiger partial charge >= 0.3 is 0 Å². The maximum atomic E-state index is 12.2. The summed E-state index contributed by atoms with van der Waals surface area (Å²) in [5, 5.41) is 0.639. The maximum absolute atomic E-state index is 12.2. The first kappa shape index (κ1) is 16.4. The van der Waals surface area contributed by atoms with Crippen LogP contribution in [0.2, 0.25) is 0 Å². The number of hydrogen-bond donors (Lipinski definition) is 1. The van der Waals surface area contributed by atoms with E-state index in [1.54, 1.807) is 6.07 Å². The van der Waals surface area contributed by atoms with Crippen LogP contribution in [0.1, 0.15) is 30.8 Å². The van der Waals surface area contributed by atoms with Gasteiger partial charge in [-0.2, -0.15) is 0 Å². The van der Waals surface area contributed by atoms with Crippen molar-refractivity contribution in [2.75, 3.05) is 13.6 Å². The van der Waals surface area contributed by atoms with Crippen molar-refractivity contribution in [2.24, 2.45) is 0 Å². The normalized spacial score (nSPS) is 12.6. The highest BCUT2D eigenvalue weighted by molar-refractivity contribution is 5.77. The van der Waals surface area contributed by atoms with Gasteiger partial charge in [0.2, 0.25) is 0 Å². The van der Waals surface area contributed by atoms with Crippen LogP contribution in [-0.4, -0.2) is 28.5 Å². The lowest BCUT2D eigenvalue weighted by Crippen LogP contribution is -2.27. The Morgan fingerprint density at radius 3 is 2.58 bits per heavy atom. The van der Waals surface area contributed by atoms with Gasteiger partial charge in [0, 0.05) is 0 Å². The molecule has 24 heavy (non-hydrogen) atoms. The minimum Gasteiger partial charge on any atom is -0.309 e. The average molecular weight is 321 g/mol. The molecule has 0 unspecified atom stereocenters. The number of benzene rings is 2. The van der Waals surface area contributed by atoms with Gasteiger partial charge in [0.05, 0.1) is 16.9 Å². The number of aromatic nitrogens is 2. The first-order chi connectivity index (χ1) is 11.6. The van der Waals surface area contributed by atoms with Gasteiger partial charge in [-0.25, -0.2) is 4.98 Å². The van der Waals surface area contributed by atoms with Crippen LogP contribution in [0.5, 0.6) is 0 Å². The standard InChI is InChI=1S/C20H23N3O/c1-15(23(2)14-8-11-16-9-4-3-5-10-16)19-21-18-13-7-6-12-17(18)20(24)22-19/h3-7,9-10,12-13,15H,8,11,14H2,1-2H3,(H,21,22,24)/t15-/m1/s1. The molecule has 3 rings (SSSR count). The first-order valence-electron chi connectivity index (χ1n) is 8.38. The Kier molecular flexibility index (Phi) is 5.06. The van der Waals surface area contributed by atoms with Gasteiger partial charge < -0.3 is 4.98 Å². The molecule has 3 aromatic rings. The molecule has 0 amide bonds. The maximum Gasteiger partial charge on any atom is 0.258 e. The van der Waals surface area contributed by atoms with Crippen LogP contribution < -0.4 is 5.56 Å². The summed E-state index contributed by atoms with van der Waals surface area (Å²) in [6.07, 6.45) is 2.13. The summed E-state index contributed by atoms with van der Waals surface area (Å²) in [6.45, 7) is 3.03. The highest BCUT2D eigenvalue weighted by atomic mass is 16.1. The van der Waals surface area contributed by atoms with Crippen LogP contribution in [0, 0.1) is 0 Å². The Hall–Kier alpha value is -2.46. The van der Waals surface area contributed by atoms with Gasteiger partial charge in [0.15, 0.2) is 0 Å². The summed E-state index contributed by atoms with van der Waals surface area (Å²) < 4.78 is 0. The predicted octanol–water partition coefficient (Wildman–Crippen LogP) is 3.55. The van der Waals surface area contributed by atoms with Crippen LogP contribution in [0.4, 0.5) is 0 Å². The molecular weight excluding hydrogens is 298 g/mol. The Bertz CT molecular complexity index is 857. The quantitative estimate of drug-likeness (QED) is 0.755. The molecular formula is C20H23N3O. The van der Waals surface area contributed by atoms with Crippen molar-refractivity contribution in [3.05, 3.63) is 76.3 Å². The molecule has 0 aliphatic rings. The zero-order chi connectivity index (χ0) is 16.9. The van der Waals surface area contributed by atoms with Crippen LogP contribution >= 0.6 is 0 Å². The van der Waals surface area contributed by atoms with Crippen molar-refractivity contribution < 1.29 is 0 Å². The summed E-state index contributed by atoms with van der Waals surface area (Å²) in [4.78, 5) is 22.0. The number of para-hydroxylation sites is 1. The highest BCUT2D eigenvalue weighted by Gasteiger charge is 2.15. The molecule has 4 heteroatoms.